The van der Waals surface area contributed by atoms with Crippen LogP contribution in [0.3, 0.4) is 0 Å². The molecule has 0 aliphatic carbocycles. The number of thiophene rings is 1. The first-order valence-corrected chi connectivity index (χ1v) is 7.70. The van der Waals surface area contributed by atoms with E-state index in [9.17, 15) is 0 Å². The van der Waals surface area contributed by atoms with Crippen LogP contribution in [0.2, 0.25) is 0 Å². The number of ether oxygens (including phenoxy) is 3. The fourth-order valence-electron chi connectivity index (χ4n) is 3.08. The molecule has 0 amide bonds. The van der Waals surface area contributed by atoms with Crippen molar-refractivity contribution in [2.75, 3.05) is 26.9 Å². The fourth-order valence-corrected chi connectivity index (χ4v) is 4.03. The molecule has 0 aromatic carbocycles. The van der Waals surface area contributed by atoms with E-state index in [-0.39, 0.29) is 11.6 Å². The summed E-state index contributed by atoms with van der Waals surface area (Å²) in [6, 6.07) is 2.14. The van der Waals surface area contributed by atoms with Crippen molar-refractivity contribution in [1.29, 1.82) is 0 Å². The van der Waals surface area contributed by atoms with E-state index in [4.69, 9.17) is 19.9 Å². The van der Waals surface area contributed by atoms with E-state index in [1.165, 1.54) is 4.88 Å². The minimum atomic E-state index is -0.0676. The van der Waals surface area contributed by atoms with Crippen molar-refractivity contribution in [2.24, 2.45) is 11.7 Å². The zero-order chi connectivity index (χ0) is 13.3. The van der Waals surface area contributed by atoms with Gasteiger partial charge in [0.2, 0.25) is 0 Å². The summed E-state index contributed by atoms with van der Waals surface area (Å²) in [7, 11) is 1.69. The summed E-state index contributed by atoms with van der Waals surface area (Å²) in [4.78, 5) is 1.21. The molecule has 4 nitrogen and oxygen atoms in total. The summed E-state index contributed by atoms with van der Waals surface area (Å²) < 4.78 is 16.7. The Bertz CT molecular complexity index is 428. The van der Waals surface area contributed by atoms with E-state index >= 15 is 0 Å². The maximum Gasteiger partial charge on any atom is 0.129 e. The molecule has 106 valence electrons. The lowest BCUT2D eigenvalue weighted by molar-refractivity contribution is -0.101. The van der Waals surface area contributed by atoms with Gasteiger partial charge in [-0.05, 0) is 24.8 Å². The van der Waals surface area contributed by atoms with Gasteiger partial charge in [0.05, 0.1) is 19.3 Å². The van der Waals surface area contributed by atoms with Crippen LogP contribution in [-0.4, -0.2) is 32.5 Å². The van der Waals surface area contributed by atoms with Crippen LogP contribution in [0.15, 0.2) is 11.4 Å². The van der Waals surface area contributed by atoms with Crippen LogP contribution in [0, 0.1) is 5.92 Å². The largest absolute Gasteiger partial charge is 0.496 e. The third kappa shape index (κ3) is 2.65. The first-order chi connectivity index (χ1) is 9.22. The van der Waals surface area contributed by atoms with Crippen molar-refractivity contribution in [3.8, 4) is 5.75 Å². The Morgan fingerprint density at radius 1 is 1.53 bits per heavy atom. The summed E-state index contributed by atoms with van der Waals surface area (Å²) in [5, 5.41) is 2.02. The fraction of sp³-hybridized carbons (Fsp3) is 0.714. The molecule has 2 N–H and O–H groups in total. The topological polar surface area (TPSA) is 53.7 Å². The van der Waals surface area contributed by atoms with E-state index in [2.05, 4.69) is 6.07 Å². The maximum absolute atomic E-state index is 6.45. The van der Waals surface area contributed by atoms with Gasteiger partial charge in [0, 0.05) is 35.9 Å². The average molecular weight is 283 g/mol. The molecule has 19 heavy (non-hydrogen) atoms. The zero-order valence-corrected chi connectivity index (χ0v) is 12.1. The molecule has 3 unspecified atom stereocenters. The molecule has 2 fully saturated rings. The average Bonchev–Trinajstić information content (AvgIpc) is 3.07. The van der Waals surface area contributed by atoms with Crippen LogP contribution in [0.4, 0.5) is 0 Å². The van der Waals surface area contributed by atoms with Crippen molar-refractivity contribution in [3.05, 3.63) is 16.3 Å². The molecule has 2 aliphatic rings. The van der Waals surface area contributed by atoms with Crippen molar-refractivity contribution in [2.45, 2.75) is 30.9 Å². The third-order valence-corrected chi connectivity index (χ3v) is 5.28. The molecule has 2 saturated heterocycles. The number of rotatable bonds is 3. The van der Waals surface area contributed by atoms with E-state index in [0.29, 0.717) is 5.92 Å². The number of hydrogen-bond acceptors (Lipinski definition) is 5. The van der Waals surface area contributed by atoms with Gasteiger partial charge in [-0.25, -0.2) is 0 Å². The normalized spacial score (nSPS) is 32.6. The Balaban J connectivity index is 1.70. The van der Waals surface area contributed by atoms with Crippen LogP contribution in [0.25, 0.3) is 0 Å². The van der Waals surface area contributed by atoms with Crippen LogP contribution in [0.1, 0.15) is 30.2 Å². The molecule has 0 saturated carbocycles. The molecular formula is C14H21NO3S. The molecule has 0 bridgehead atoms. The second-order valence-electron chi connectivity index (χ2n) is 5.50. The second kappa shape index (κ2) is 5.40. The molecule has 5 heteroatoms. The van der Waals surface area contributed by atoms with Crippen LogP contribution < -0.4 is 10.5 Å². The Labute approximate surface area is 117 Å². The molecule has 1 spiro atoms. The SMILES string of the molecule is COc1csc(C(N)C2CCOC3(CCOC3)C2)c1. The Morgan fingerprint density at radius 2 is 2.42 bits per heavy atom. The molecule has 0 radical (unpaired) electrons. The summed E-state index contributed by atoms with van der Waals surface area (Å²) in [5.74, 6) is 1.38. The summed E-state index contributed by atoms with van der Waals surface area (Å²) in [6.07, 6.45) is 3.04. The Morgan fingerprint density at radius 3 is 3.11 bits per heavy atom. The van der Waals surface area contributed by atoms with E-state index in [1.807, 2.05) is 5.38 Å². The molecule has 3 atom stereocenters. The highest BCUT2D eigenvalue weighted by Crippen LogP contribution is 2.41. The van der Waals surface area contributed by atoms with Gasteiger partial charge in [0.1, 0.15) is 5.75 Å². The quantitative estimate of drug-likeness (QED) is 0.925. The van der Waals surface area contributed by atoms with Gasteiger partial charge in [0.25, 0.3) is 0 Å². The minimum absolute atomic E-state index is 0.0676. The minimum Gasteiger partial charge on any atom is -0.496 e. The predicted octanol–water partition coefficient (Wildman–Crippen LogP) is 2.34. The second-order valence-corrected chi connectivity index (χ2v) is 6.44. The standard InChI is InChI=1S/C14H21NO3S/c1-16-11-6-12(19-8-11)13(15)10-2-4-18-14(7-10)3-5-17-9-14/h6,8,10,13H,2-5,7,9,15H2,1H3. The highest BCUT2D eigenvalue weighted by Gasteiger charge is 2.42. The highest BCUT2D eigenvalue weighted by molar-refractivity contribution is 7.10. The number of nitrogens with two attached hydrogens (primary N) is 1. The zero-order valence-electron chi connectivity index (χ0n) is 11.3. The summed E-state index contributed by atoms with van der Waals surface area (Å²) in [5.41, 5.74) is 6.38. The number of hydrogen-bond donors (Lipinski definition) is 1. The van der Waals surface area contributed by atoms with Gasteiger partial charge < -0.3 is 19.9 Å². The van der Waals surface area contributed by atoms with Crippen molar-refractivity contribution in [3.63, 3.8) is 0 Å². The van der Waals surface area contributed by atoms with Crippen LogP contribution in [-0.2, 0) is 9.47 Å². The van der Waals surface area contributed by atoms with E-state index < -0.39 is 0 Å². The molecular weight excluding hydrogens is 262 g/mol. The smallest absolute Gasteiger partial charge is 0.129 e. The van der Waals surface area contributed by atoms with Crippen LogP contribution >= 0.6 is 11.3 Å². The van der Waals surface area contributed by atoms with Gasteiger partial charge in [-0.1, -0.05) is 0 Å². The number of methoxy groups -OCH3 is 1. The van der Waals surface area contributed by atoms with Gasteiger partial charge >= 0.3 is 0 Å². The Hall–Kier alpha value is -0.620. The first-order valence-electron chi connectivity index (χ1n) is 6.82. The predicted molar refractivity (Wildman–Crippen MR) is 74.6 cm³/mol. The lowest BCUT2D eigenvalue weighted by atomic mass is 9.81. The van der Waals surface area contributed by atoms with Crippen molar-refractivity contribution >= 4 is 11.3 Å². The van der Waals surface area contributed by atoms with E-state index in [0.717, 1.165) is 44.8 Å². The van der Waals surface area contributed by atoms with Gasteiger partial charge in [-0.15, -0.1) is 11.3 Å². The van der Waals surface area contributed by atoms with Crippen molar-refractivity contribution in [1.82, 2.24) is 0 Å². The summed E-state index contributed by atoms with van der Waals surface area (Å²) in [6.45, 7) is 2.34. The van der Waals surface area contributed by atoms with Gasteiger partial charge in [-0.2, -0.15) is 0 Å². The lowest BCUT2D eigenvalue weighted by Crippen LogP contribution is -2.43. The summed E-state index contributed by atoms with van der Waals surface area (Å²) >= 11 is 1.68. The molecule has 3 rings (SSSR count). The first kappa shape index (κ1) is 13.4. The molecule has 1 aromatic heterocycles. The monoisotopic (exact) mass is 283 g/mol. The molecule has 1 aromatic rings. The highest BCUT2D eigenvalue weighted by atomic mass is 32.1. The molecule has 2 aliphatic heterocycles. The van der Waals surface area contributed by atoms with Gasteiger partial charge in [-0.3, -0.25) is 0 Å². The van der Waals surface area contributed by atoms with Crippen molar-refractivity contribution < 1.29 is 14.2 Å². The Kier molecular flexibility index (Phi) is 3.80. The lowest BCUT2D eigenvalue weighted by Gasteiger charge is -2.39. The molecule has 3 heterocycles. The third-order valence-electron chi connectivity index (χ3n) is 4.27. The van der Waals surface area contributed by atoms with E-state index in [1.54, 1.807) is 18.4 Å². The van der Waals surface area contributed by atoms with Crippen LogP contribution in [0.5, 0.6) is 5.75 Å². The maximum atomic E-state index is 6.45. The van der Waals surface area contributed by atoms with Gasteiger partial charge in [0.15, 0.2) is 0 Å².